The second kappa shape index (κ2) is 17.8. The second-order valence-electron chi connectivity index (χ2n) is 15.4. The van der Waals surface area contributed by atoms with Crippen LogP contribution in [0.4, 0.5) is 0 Å². The molecule has 0 heterocycles. The van der Waals surface area contributed by atoms with E-state index in [1.807, 2.05) is 0 Å². The van der Waals surface area contributed by atoms with Crippen LogP contribution >= 0.6 is 0 Å². The minimum atomic E-state index is -0.151. The summed E-state index contributed by atoms with van der Waals surface area (Å²) in [5.74, 6) is 6.92. The number of aliphatic hydroxyl groups is 2. The zero-order valence-electron chi connectivity index (χ0n) is 27.1. The lowest BCUT2D eigenvalue weighted by atomic mass is 9.72. The van der Waals surface area contributed by atoms with E-state index in [0.717, 1.165) is 48.9 Å². The number of hydrogen-bond donors (Lipinski definition) is 2. The highest BCUT2D eigenvalue weighted by Gasteiger charge is 2.30. The maximum Gasteiger partial charge on any atom is 0.0571 e. The SMILES string of the molecule is CCC1CCCCC1CCC1CCC(CC(C)[C@H](O)CCC[C@@H](CC(O)C2CCC(C)CC2)C(C)CC)CC1. The summed E-state index contributed by atoms with van der Waals surface area (Å²) >= 11 is 0. The molecule has 3 fully saturated rings. The molecule has 39 heavy (non-hydrogen) atoms. The third-order valence-electron chi connectivity index (χ3n) is 12.5. The fourth-order valence-corrected chi connectivity index (χ4v) is 9.11. The number of aliphatic hydroxyl groups excluding tert-OH is 2. The van der Waals surface area contributed by atoms with E-state index in [1.165, 1.54) is 116 Å². The first-order valence-corrected chi connectivity index (χ1v) is 18.2. The molecule has 2 N–H and O–H groups in total. The van der Waals surface area contributed by atoms with Gasteiger partial charge in [0.25, 0.3) is 0 Å². The van der Waals surface area contributed by atoms with Crippen molar-refractivity contribution < 1.29 is 10.2 Å². The maximum atomic E-state index is 11.0. The predicted octanol–water partition coefficient (Wildman–Crippen LogP) is 10.6. The Kier molecular flexibility index (Phi) is 15.2. The molecule has 0 amide bonds. The molecule has 3 saturated carbocycles. The lowest BCUT2D eigenvalue weighted by molar-refractivity contribution is 0.0419. The standard InChI is InChI=1S/C37H70O2/c1-6-28(4)35(26-37(39)34-22-15-27(3)16-23-34)13-10-14-36(38)29(5)25-31-19-17-30(18-20-31)21-24-33-12-9-8-11-32(33)7-2/h27-39H,6-26H2,1-5H3/t27?,28?,29?,30?,31?,32?,33?,34?,35-,36+,37?/m0/s1. The highest BCUT2D eigenvalue weighted by Crippen LogP contribution is 2.40. The van der Waals surface area contributed by atoms with Gasteiger partial charge >= 0.3 is 0 Å². The van der Waals surface area contributed by atoms with Gasteiger partial charge in [-0.1, -0.05) is 131 Å². The van der Waals surface area contributed by atoms with Gasteiger partial charge < -0.3 is 10.2 Å². The van der Waals surface area contributed by atoms with E-state index in [4.69, 9.17) is 0 Å². The molecule has 3 aliphatic rings. The molecule has 5 unspecified atom stereocenters. The average molecular weight is 547 g/mol. The van der Waals surface area contributed by atoms with E-state index >= 15 is 0 Å². The van der Waals surface area contributed by atoms with Crippen LogP contribution in [-0.2, 0) is 0 Å². The quantitative estimate of drug-likeness (QED) is 0.202. The average Bonchev–Trinajstić information content (AvgIpc) is 2.96. The Bertz CT molecular complexity index is 617. The number of rotatable bonds is 16. The van der Waals surface area contributed by atoms with Crippen LogP contribution in [0.3, 0.4) is 0 Å². The molecule has 0 aromatic carbocycles. The third kappa shape index (κ3) is 11.3. The van der Waals surface area contributed by atoms with Gasteiger partial charge in [-0.25, -0.2) is 0 Å². The van der Waals surface area contributed by atoms with Gasteiger partial charge in [-0.05, 0) is 91.8 Å². The lowest BCUT2D eigenvalue weighted by Crippen LogP contribution is -2.29. The molecule has 230 valence electrons. The summed E-state index contributed by atoms with van der Waals surface area (Å²) in [7, 11) is 0. The summed E-state index contributed by atoms with van der Waals surface area (Å²) < 4.78 is 0. The van der Waals surface area contributed by atoms with Gasteiger partial charge in [0.05, 0.1) is 12.2 Å². The van der Waals surface area contributed by atoms with E-state index in [-0.39, 0.29) is 12.2 Å². The Morgan fingerprint density at radius 1 is 0.692 bits per heavy atom. The molecule has 0 aromatic heterocycles. The van der Waals surface area contributed by atoms with Crippen molar-refractivity contribution >= 4 is 0 Å². The Labute approximate surface area is 244 Å². The molecule has 0 spiro atoms. The molecule has 0 aromatic rings. The van der Waals surface area contributed by atoms with E-state index in [1.54, 1.807) is 0 Å². The van der Waals surface area contributed by atoms with Crippen LogP contribution < -0.4 is 0 Å². The van der Waals surface area contributed by atoms with E-state index in [0.29, 0.717) is 23.7 Å². The Morgan fingerprint density at radius 3 is 1.97 bits per heavy atom. The van der Waals surface area contributed by atoms with Gasteiger partial charge in [-0.15, -0.1) is 0 Å². The van der Waals surface area contributed by atoms with Gasteiger partial charge in [-0.2, -0.15) is 0 Å². The number of hydrogen-bond acceptors (Lipinski definition) is 2. The molecule has 0 bridgehead atoms. The minimum Gasteiger partial charge on any atom is -0.393 e. The Hall–Kier alpha value is -0.0800. The fourth-order valence-electron chi connectivity index (χ4n) is 9.11. The molecule has 3 aliphatic carbocycles. The van der Waals surface area contributed by atoms with Crippen LogP contribution in [-0.4, -0.2) is 22.4 Å². The summed E-state index contributed by atoms with van der Waals surface area (Å²) in [6, 6.07) is 0. The van der Waals surface area contributed by atoms with E-state index < -0.39 is 0 Å². The third-order valence-corrected chi connectivity index (χ3v) is 12.5. The van der Waals surface area contributed by atoms with Crippen LogP contribution in [0.1, 0.15) is 169 Å². The molecule has 3 rings (SSSR count). The first kappa shape index (κ1) is 33.4. The molecule has 0 aliphatic heterocycles. The first-order valence-electron chi connectivity index (χ1n) is 18.2. The van der Waals surface area contributed by atoms with Gasteiger partial charge in [-0.3, -0.25) is 0 Å². The predicted molar refractivity (Wildman–Crippen MR) is 169 cm³/mol. The summed E-state index contributed by atoms with van der Waals surface area (Å²) in [6.07, 6.45) is 27.4. The van der Waals surface area contributed by atoms with Crippen molar-refractivity contribution in [1.29, 1.82) is 0 Å². The molecule has 2 heteroatoms. The fraction of sp³-hybridized carbons (Fsp3) is 1.00. The second-order valence-corrected chi connectivity index (χ2v) is 15.4. The lowest BCUT2D eigenvalue weighted by Gasteiger charge is -2.35. The summed E-state index contributed by atoms with van der Waals surface area (Å²) in [4.78, 5) is 0. The van der Waals surface area contributed by atoms with Crippen molar-refractivity contribution in [3.05, 3.63) is 0 Å². The normalized spacial score (nSPS) is 34.2. The summed E-state index contributed by atoms with van der Waals surface area (Å²) in [5.41, 5.74) is 0. The van der Waals surface area contributed by atoms with Crippen LogP contribution in [0.25, 0.3) is 0 Å². The largest absolute Gasteiger partial charge is 0.393 e. The van der Waals surface area contributed by atoms with Crippen molar-refractivity contribution in [2.45, 2.75) is 182 Å². The van der Waals surface area contributed by atoms with Crippen molar-refractivity contribution in [3.63, 3.8) is 0 Å². The van der Waals surface area contributed by atoms with E-state index in [9.17, 15) is 10.2 Å². The molecule has 2 nitrogen and oxygen atoms in total. The highest BCUT2D eigenvalue weighted by atomic mass is 16.3. The monoisotopic (exact) mass is 547 g/mol. The summed E-state index contributed by atoms with van der Waals surface area (Å²) in [5, 5.41) is 22.1. The van der Waals surface area contributed by atoms with Crippen LogP contribution in [0.2, 0.25) is 0 Å². The molecule has 7 atom stereocenters. The highest BCUT2D eigenvalue weighted by molar-refractivity contribution is 4.82. The first-order chi connectivity index (χ1) is 18.8. The minimum absolute atomic E-state index is 0.119. The van der Waals surface area contributed by atoms with Gasteiger partial charge in [0.15, 0.2) is 0 Å². The zero-order chi connectivity index (χ0) is 28.2. The van der Waals surface area contributed by atoms with Crippen LogP contribution in [0.5, 0.6) is 0 Å². The van der Waals surface area contributed by atoms with Gasteiger partial charge in [0.2, 0.25) is 0 Å². The zero-order valence-corrected chi connectivity index (χ0v) is 27.1. The van der Waals surface area contributed by atoms with Gasteiger partial charge in [0, 0.05) is 0 Å². The van der Waals surface area contributed by atoms with Crippen molar-refractivity contribution in [2.75, 3.05) is 0 Å². The summed E-state index contributed by atoms with van der Waals surface area (Å²) in [6.45, 7) is 11.8. The molecular formula is C37H70O2. The smallest absolute Gasteiger partial charge is 0.0571 e. The van der Waals surface area contributed by atoms with Gasteiger partial charge in [0.1, 0.15) is 0 Å². The molecular weight excluding hydrogens is 476 g/mol. The Balaban J connectivity index is 1.32. The Morgan fingerprint density at radius 2 is 1.33 bits per heavy atom. The van der Waals surface area contributed by atoms with Crippen molar-refractivity contribution in [2.24, 2.45) is 53.3 Å². The topological polar surface area (TPSA) is 40.5 Å². The maximum absolute atomic E-state index is 11.0. The van der Waals surface area contributed by atoms with Crippen molar-refractivity contribution in [1.82, 2.24) is 0 Å². The van der Waals surface area contributed by atoms with Crippen LogP contribution in [0.15, 0.2) is 0 Å². The van der Waals surface area contributed by atoms with E-state index in [2.05, 4.69) is 34.6 Å². The van der Waals surface area contributed by atoms with Crippen LogP contribution in [0, 0.1) is 53.3 Å². The van der Waals surface area contributed by atoms with Crippen molar-refractivity contribution in [3.8, 4) is 0 Å². The molecule has 0 radical (unpaired) electrons. The molecule has 0 saturated heterocycles.